The molecule has 3 aliphatic rings. The van der Waals surface area contributed by atoms with Crippen molar-refractivity contribution >= 4 is 0 Å². The predicted octanol–water partition coefficient (Wildman–Crippen LogP) is 10.0. The molecule has 1 nitrogen and oxygen atoms in total. The average Bonchev–Trinajstić information content (AvgIpc) is 2.85. The molecule has 0 bridgehead atoms. The highest BCUT2D eigenvalue weighted by molar-refractivity contribution is 5.33. The van der Waals surface area contributed by atoms with Crippen molar-refractivity contribution in [3.05, 3.63) is 29.3 Å². The lowest BCUT2D eigenvalue weighted by atomic mass is 9.60. The van der Waals surface area contributed by atoms with Crippen LogP contribution in [0.5, 0.6) is 5.75 Å². The molecule has 3 saturated carbocycles. The smallest absolute Gasteiger partial charge is 0.387 e. The highest BCUT2D eigenvalue weighted by Gasteiger charge is 2.39. The summed E-state index contributed by atoms with van der Waals surface area (Å²) in [4.78, 5) is 0. The van der Waals surface area contributed by atoms with Crippen molar-refractivity contribution in [2.24, 2.45) is 29.6 Å². The highest BCUT2D eigenvalue weighted by Crippen LogP contribution is 2.51. The van der Waals surface area contributed by atoms with Crippen LogP contribution in [0.4, 0.5) is 17.6 Å². The third-order valence-corrected chi connectivity index (χ3v) is 9.63. The molecule has 35 heavy (non-hydrogen) atoms. The second kappa shape index (κ2) is 12.8. The Bertz CT molecular complexity index is 766. The number of hydrogen-bond acceptors (Lipinski definition) is 1. The van der Waals surface area contributed by atoms with Crippen LogP contribution in [0.15, 0.2) is 12.1 Å². The van der Waals surface area contributed by atoms with Gasteiger partial charge in [-0.3, -0.25) is 0 Å². The Balaban J connectivity index is 1.23. The van der Waals surface area contributed by atoms with E-state index in [0.29, 0.717) is 11.5 Å². The molecule has 1 aromatic carbocycles. The van der Waals surface area contributed by atoms with Crippen LogP contribution < -0.4 is 4.74 Å². The van der Waals surface area contributed by atoms with Crippen LogP contribution in [-0.4, -0.2) is 6.61 Å². The second-order valence-electron chi connectivity index (χ2n) is 11.8. The van der Waals surface area contributed by atoms with E-state index in [1.165, 1.54) is 95.6 Å². The Morgan fingerprint density at radius 3 is 1.97 bits per heavy atom. The van der Waals surface area contributed by atoms with Crippen LogP contribution in [-0.2, 0) is 0 Å². The minimum atomic E-state index is -3.24. The first kappa shape index (κ1) is 26.8. The van der Waals surface area contributed by atoms with Crippen molar-refractivity contribution < 1.29 is 22.3 Å². The summed E-state index contributed by atoms with van der Waals surface area (Å²) in [7, 11) is 0. The maximum atomic E-state index is 14.3. The normalized spacial score (nSPS) is 31.4. The Morgan fingerprint density at radius 1 is 0.743 bits per heavy atom. The van der Waals surface area contributed by atoms with Crippen LogP contribution in [0, 0.1) is 41.2 Å². The number of rotatable bonds is 10. The van der Waals surface area contributed by atoms with E-state index in [9.17, 15) is 17.6 Å². The molecule has 198 valence electrons. The monoisotopic (exact) mass is 496 g/mol. The number of halogens is 4. The van der Waals surface area contributed by atoms with Crippen molar-refractivity contribution in [1.82, 2.24) is 0 Å². The first-order valence-corrected chi connectivity index (χ1v) is 14.4. The fraction of sp³-hybridized carbons (Fsp3) is 0.800. The Labute approximate surface area is 209 Å². The summed E-state index contributed by atoms with van der Waals surface area (Å²) in [5, 5.41) is 0. The van der Waals surface area contributed by atoms with Crippen molar-refractivity contribution in [1.29, 1.82) is 0 Å². The molecule has 4 rings (SSSR count). The van der Waals surface area contributed by atoms with Crippen molar-refractivity contribution in [2.75, 3.05) is 0 Å². The Kier molecular flexibility index (Phi) is 9.81. The van der Waals surface area contributed by atoms with Gasteiger partial charge in [-0.25, -0.2) is 8.78 Å². The van der Waals surface area contributed by atoms with E-state index in [4.69, 9.17) is 0 Å². The number of ether oxygens (including phenoxy) is 1. The molecular formula is C30H44F4O. The zero-order valence-electron chi connectivity index (χ0n) is 21.4. The highest BCUT2D eigenvalue weighted by atomic mass is 19.3. The van der Waals surface area contributed by atoms with Gasteiger partial charge in [0.1, 0.15) is 0 Å². The molecule has 0 aliphatic heterocycles. The van der Waals surface area contributed by atoms with Gasteiger partial charge in [0.2, 0.25) is 0 Å². The molecule has 3 fully saturated rings. The minimum Gasteiger partial charge on any atom is -0.429 e. The lowest BCUT2D eigenvalue weighted by molar-refractivity contribution is -0.0546. The van der Waals surface area contributed by atoms with Crippen LogP contribution in [0.1, 0.15) is 121 Å². The summed E-state index contributed by atoms with van der Waals surface area (Å²) in [5.74, 6) is 1.15. The van der Waals surface area contributed by atoms with E-state index in [0.717, 1.165) is 42.9 Å². The van der Waals surface area contributed by atoms with Gasteiger partial charge in [-0.05, 0) is 105 Å². The number of hydrogen-bond donors (Lipinski definition) is 0. The number of alkyl halides is 2. The molecule has 0 N–H and O–H groups in total. The van der Waals surface area contributed by atoms with Gasteiger partial charge >= 0.3 is 6.61 Å². The molecule has 0 heterocycles. The Hall–Kier alpha value is -1.26. The van der Waals surface area contributed by atoms with E-state index < -0.39 is 24.0 Å². The van der Waals surface area contributed by atoms with Crippen LogP contribution in [0.25, 0.3) is 0 Å². The third kappa shape index (κ3) is 7.16. The van der Waals surface area contributed by atoms with Crippen LogP contribution in [0.3, 0.4) is 0 Å². The maximum Gasteiger partial charge on any atom is 0.387 e. The van der Waals surface area contributed by atoms with E-state index >= 15 is 0 Å². The average molecular weight is 497 g/mol. The van der Waals surface area contributed by atoms with Crippen molar-refractivity contribution in [3.63, 3.8) is 0 Å². The summed E-state index contributed by atoms with van der Waals surface area (Å²) in [5.41, 5.74) is 0.593. The standard InChI is InChI=1S/C30H44F4O/c1-2-3-4-5-6-7-20-8-10-21(11-9-20)22-12-13-24-17-25(15-14-23(24)16-22)26-18-27(31)29(28(32)19-26)35-30(33)34/h18-25,30H,2-17H2,1H3. The topological polar surface area (TPSA) is 9.23 Å². The predicted molar refractivity (Wildman–Crippen MR) is 133 cm³/mol. The second-order valence-corrected chi connectivity index (χ2v) is 11.8. The van der Waals surface area contributed by atoms with E-state index in [1.807, 2.05) is 0 Å². The molecule has 5 heteroatoms. The summed E-state index contributed by atoms with van der Waals surface area (Å²) < 4.78 is 57.4. The molecule has 4 unspecified atom stereocenters. The summed E-state index contributed by atoms with van der Waals surface area (Å²) in [6, 6.07) is 2.42. The Morgan fingerprint density at radius 2 is 1.31 bits per heavy atom. The van der Waals surface area contributed by atoms with Gasteiger partial charge in [0.25, 0.3) is 0 Å². The molecular weight excluding hydrogens is 452 g/mol. The van der Waals surface area contributed by atoms with Gasteiger partial charge in [0.05, 0.1) is 0 Å². The SMILES string of the molecule is CCCCCCCC1CCC(C2CCC3CC(c4cc(F)c(OC(F)F)c(F)c4)CCC3C2)CC1. The fourth-order valence-electron chi connectivity index (χ4n) is 7.66. The third-order valence-electron chi connectivity index (χ3n) is 9.63. The fourth-order valence-corrected chi connectivity index (χ4v) is 7.66. The van der Waals surface area contributed by atoms with Crippen molar-refractivity contribution in [3.8, 4) is 5.75 Å². The largest absolute Gasteiger partial charge is 0.429 e. The first-order chi connectivity index (χ1) is 16.9. The van der Waals surface area contributed by atoms with E-state index in [-0.39, 0.29) is 5.92 Å². The van der Waals surface area contributed by atoms with Crippen LogP contribution in [0.2, 0.25) is 0 Å². The lowest BCUT2D eigenvalue weighted by Gasteiger charge is -2.45. The molecule has 0 radical (unpaired) electrons. The van der Waals surface area contributed by atoms with Gasteiger partial charge in [0, 0.05) is 0 Å². The number of unbranched alkanes of at least 4 members (excludes halogenated alkanes) is 4. The van der Waals surface area contributed by atoms with Gasteiger partial charge in [-0.1, -0.05) is 58.3 Å². The molecule has 0 aromatic heterocycles. The van der Waals surface area contributed by atoms with E-state index in [1.54, 1.807) is 0 Å². The quantitative estimate of drug-likeness (QED) is 0.231. The van der Waals surface area contributed by atoms with Gasteiger partial charge in [-0.15, -0.1) is 0 Å². The molecule has 0 amide bonds. The van der Waals surface area contributed by atoms with Crippen LogP contribution >= 0.6 is 0 Å². The molecule has 0 spiro atoms. The summed E-state index contributed by atoms with van der Waals surface area (Å²) in [6.07, 6.45) is 20.9. The molecule has 4 atom stereocenters. The maximum absolute atomic E-state index is 14.3. The van der Waals surface area contributed by atoms with Gasteiger partial charge < -0.3 is 4.74 Å². The summed E-state index contributed by atoms with van der Waals surface area (Å²) >= 11 is 0. The summed E-state index contributed by atoms with van der Waals surface area (Å²) in [6.45, 7) is -0.959. The lowest BCUT2D eigenvalue weighted by Crippen LogP contribution is -2.34. The zero-order valence-corrected chi connectivity index (χ0v) is 21.4. The van der Waals surface area contributed by atoms with Gasteiger partial charge in [0.15, 0.2) is 17.4 Å². The zero-order chi connectivity index (χ0) is 24.8. The van der Waals surface area contributed by atoms with Crippen molar-refractivity contribution in [2.45, 2.75) is 122 Å². The molecule has 3 aliphatic carbocycles. The number of benzene rings is 1. The molecule has 1 aromatic rings. The first-order valence-electron chi connectivity index (χ1n) is 14.4. The van der Waals surface area contributed by atoms with Gasteiger partial charge in [-0.2, -0.15) is 8.78 Å². The minimum absolute atomic E-state index is 0.102. The number of fused-ring (bicyclic) bond motifs is 1. The molecule has 0 saturated heterocycles. The van der Waals surface area contributed by atoms with E-state index in [2.05, 4.69) is 11.7 Å².